The number of guanidine groups is 1. The van der Waals surface area contributed by atoms with Crippen LogP contribution in [0.1, 0.15) is 11.1 Å². The predicted octanol–water partition coefficient (Wildman–Crippen LogP) is 3.93. The summed E-state index contributed by atoms with van der Waals surface area (Å²) >= 11 is 0. The maximum atomic E-state index is 12.2. The Labute approximate surface area is 192 Å². The maximum absolute atomic E-state index is 12.2. The Morgan fingerprint density at radius 1 is 1.10 bits per heavy atom. The van der Waals surface area contributed by atoms with Crippen LogP contribution in [0.25, 0.3) is 0 Å². The summed E-state index contributed by atoms with van der Waals surface area (Å²) in [7, 11) is 3.64. The number of benzene rings is 2. The maximum Gasteiger partial charge on any atom is 0.387 e. The van der Waals surface area contributed by atoms with E-state index in [0.29, 0.717) is 26.3 Å². The molecule has 0 amide bonds. The highest BCUT2D eigenvalue weighted by Gasteiger charge is 2.12. The summed E-state index contributed by atoms with van der Waals surface area (Å²) in [5.74, 6) is 2.46. The zero-order valence-corrected chi connectivity index (χ0v) is 19.3. The fraction of sp³-hybridized carbons (Fsp3) is 0.381. The molecule has 0 fully saturated rings. The van der Waals surface area contributed by atoms with Gasteiger partial charge in [0.15, 0.2) is 17.5 Å². The number of nitrogens with one attached hydrogen (secondary N) is 1. The van der Waals surface area contributed by atoms with Crippen molar-refractivity contribution < 1.29 is 23.0 Å². The molecule has 9 heteroatoms. The van der Waals surface area contributed by atoms with Gasteiger partial charge in [0.25, 0.3) is 0 Å². The standard InChI is InChI=1S/C21H25F2N3O3.HI/c1-24-21(26(2)14-16-3-6-17(7-4-16)29-20(22)23)25-10-9-15-5-8-18-19(13-15)28-12-11-27-18;/h3-8,13,20H,9-12,14H2,1-2H3,(H,24,25);1H. The van der Waals surface area contributed by atoms with Crippen LogP contribution in [0.15, 0.2) is 47.5 Å². The van der Waals surface area contributed by atoms with Gasteiger partial charge in [0.2, 0.25) is 0 Å². The van der Waals surface area contributed by atoms with Crippen molar-refractivity contribution in [1.82, 2.24) is 10.2 Å². The van der Waals surface area contributed by atoms with Crippen molar-refractivity contribution in [2.45, 2.75) is 19.6 Å². The number of aliphatic imine (C=N–C) groups is 1. The number of rotatable bonds is 7. The lowest BCUT2D eigenvalue weighted by molar-refractivity contribution is -0.0498. The van der Waals surface area contributed by atoms with Crippen molar-refractivity contribution in [2.24, 2.45) is 4.99 Å². The summed E-state index contributed by atoms with van der Waals surface area (Å²) in [5.41, 5.74) is 2.11. The number of ether oxygens (including phenoxy) is 3. The van der Waals surface area contributed by atoms with E-state index in [2.05, 4.69) is 15.0 Å². The van der Waals surface area contributed by atoms with Gasteiger partial charge in [-0.15, -0.1) is 24.0 Å². The molecule has 0 saturated carbocycles. The van der Waals surface area contributed by atoms with E-state index in [1.54, 1.807) is 19.2 Å². The molecule has 0 bridgehead atoms. The number of alkyl halides is 2. The van der Waals surface area contributed by atoms with Gasteiger partial charge < -0.3 is 24.4 Å². The second-order valence-corrected chi connectivity index (χ2v) is 6.58. The second-order valence-electron chi connectivity index (χ2n) is 6.58. The third kappa shape index (κ3) is 6.89. The van der Waals surface area contributed by atoms with Gasteiger partial charge in [0, 0.05) is 27.2 Å². The topological polar surface area (TPSA) is 55.3 Å². The van der Waals surface area contributed by atoms with Crippen LogP contribution in [0.2, 0.25) is 0 Å². The molecule has 0 saturated heterocycles. The Bertz CT molecular complexity index is 835. The Morgan fingerprint density at radius 3 is 2.43 bits per heavy atom. The Morgan fingerprint density at radius 2 is 1.77 bits per heavy atom. The number of fused-ring (bicyclic) bond motifs is 1. The third-order valence-electron chi connectivity index (χ3n) is 4.45. The molecule has 1 aliphatic rings. The zero-order chi connectivity index (χ0) is 20.6. The van der Waals surface area contributed by atoms with Crippen LogP contribution >= 0.6 is 24.0 Å². The van der Waals surface area contributed by atoms with E-state index in [4.69, 9.17) is 9.47 Å². The fourth-order valence-corrected chi connectivity index (χ4v) is 3.07. The molecule has 0 atom stereocenters. The molecule has 0 aromatic heterocycles. The Balaban J connectivity index is 0.00000320. The number of hydrogen-bond donors (Lipinski definition) is 1. The lowest BCUT2D eigenvalue weighted by atomic mass is 10.1. The van der Waals surface area contributed by atoms with Crippen molar-refractivity contribution in [2.75, 3.05) is 33.9 Å². The Hall–Kier alpha value is -2.30. The number of nitrogens with zero attached hydrogens (tertiary/aromatic N) is 2. The highest BCUT2D eigenvalue weighted by Crippen LogP contribution is 2.30. The van der Waals surface area contributed by atoms with E-state index in [1.165, 1.54) is 12.1 Å². The molecular weight excluding hydrogens is 507 g/mol. The minimum atomic E-state index is -2.82. The van der Waals surface area contributed by atoms with Gasteiger partial charge in [-0.2, -0.15) is 8.78 Å². The molecule has 6 nitrogen and oxygen atoms in total. The summed E-state index contributed by atoms with van der Waals surface area (Å²) in [6, 6.07) is 12.6. The molecular formula is C21H26F2IN3O3. The first-order valence-electron chi connectivity index (χ1n) is 9.39. The predicted molar refractivity (Wildman–Crippen MR) is 122 cm³/mol. The first kappa shape index (κ1) is 24.0. The molecule has 1 N–H and O–H groups in total. The van der Waals surface area contributed by atoms with E-state index < -0.39 is 6.61 Å². The third-order valence-corrected chi connectivity index (χ3v) is 4.45. The molecule has 1 heterocycles. The SMILES string of the molecule is CN=C(NCCc1ccc2c(c1)OCCO2)N(C)Cc1ccc(OC(F)F)cc1.I. The lowest BCUT2D eigenvalue weighted by Crippen LogP contribution is -2.39. The van der Waals surface area contributed by atoms with E-state index in [9.17, 15) is 8.78 Å². The highest BCUT2D eigenvalue weighted by atomic mass is 127. The monoisotopic (exact) mass is 533 g/mol. The van der Waals surface area contributed by atoms with E-state index in [1.807, 2.05) is 30.1 Å². The fourth-order valence-electron chi connectivity index (χ4n) is 3.07. The van der Waals surface area contributed by atoms with E-state index in [-0.39, 0.29) is 29.7 Å². The van der Waals surface area contributed by atoms with Crippen molar-refractivity contribution in [3.63, 3.8) is 0 Å². The molecule has 2 aromatic rings. The van der Waals surface area contributed by atoms with Crippen LogP contribution in [0.4, 0.5) is 8.78 Å². The smallest absolute Gasteiger partial charge is 0.387 e. The van der Waals surface area contributed by atoms with Crippen molar-refractivity contribution in [3.8, 4) is 17.2 Å². The quantitative estimate of drug-likeness (QED) is 0.332. The minimum Gasteiger partial charge on any atom is -0.486 e. The van der Waals surface area contributed by atoms with Gasteiger partial charge in [-0.25, -0.2) is 0 Å². The summed E-state index contributed by atoms with van der Waals surface area (Å²) in [5, 5.41) is 3.34. The molecule has 0 spiro atoms. The van der Waals surface area contributed by atoms with Gasteiger partial charge >= 0.3 is 6.61 Å². The van der Waals surface area contributed by atoms with Crippen LogP contribution in [-0.4, -0.2) is 51.3 Å². The molecule has 3 rings (SSSR count). The minimum absolute atomic E-state index is 0. The molecule has 2 aromatic carbocycles. The van der Waals surface area contributed by atoms with E-state index >= 15 is 0 Å². The summed E-state index contributed by atoms with van der Waals surface area (Å²) in [6.45, 7) is -0.378. The summed E-state index contributed by atoms with van der Waals surface area (Å²) in [6.07, 6.45) is 0.809. The second kappa shape index (κ2) is 11.8. The molecule has 30 heavy (non-hydrogen) atoms. The molecule has 0 radical (unpaired) electrons. The average molecular weight is 533 g/mol. The number of halogens is 3. The molecule has 1 aliphatic heterocycles. The van der Waals surface area contributed by atoms with Crippen LogP contribution in [-0.2, 0) is 13.0 Å². The molecule has 0 aliphatic carbocycles. The molecule has 0 unspecified atom stereocenters. The zero-order valence-electron chi connectivity index (χ0n) is 16.9. The highest BCUT2D eigenvalue weighted by molar-refractivity contribution is 14.0. The van der Waals surface area contributed by atoms with Crippen LogP contribution in [0, 0.1) is 0 Å². The van der Waals surface area contributed by atoms with Gasteiger partial charge in [0.1, 0.15) is 19.0 Å². The summed E-state index contributed by atoms with van der Waals surface area (Å²) in [4.78, 5) is 6.27. The van der Waals surface area contributed by atoms with Gasteiger partial charge in [-0.3, -0.25) is 4.99 Å². The normalized spacial score (nSPS) is 12.9. The van der Waals surface area contributed by atoms with Crippen molar-refractivity contribution in [1.29, 1.82) is 0 Å². The average Bonchev–Trinajstić information content (AvgIpc) is 2.72. The van der Waals surface area contributed by atoms with Gasteiger partial charge in [-0.1, -0.05) is 18.2 Å². The summed E-state index contributed by atoms with van der Waals surface area (Å²) < 4.78 is 40.0. The first-order chi connectivity index (χ1) is 14.0. The van der Waals surface area contributed by atoms with E-state index in [0.717, 1.165) is 35.0 Å². The van der Waals surface area contributed by atoms with Crippen molar-refractivity contribution in [3.05, 3.63) is 53.6 Å². The van der Waals surface area contributed by atoms with Gasteiger partial charge in [-0.05, 0) is 41.8 Å². The largest absolute Gasteiger partial charge is 0.486 e. The molecule has 164 valence electrons. The van der Waals surface area contributed by atoms with Crippen LogP contribution in [0.3, 0.4) is 0 Å². The Kier molecular flexibility index (Phi) is 9.41. The van der Waals surface area contributed by atoms with Crippen molar-refractivity contribution >= 4 is 29.9 Å². The lowest BCUT2D eigenvalue weighted by Gasteiger charge is -2.22. The first-order valence-corrected chi connectivity index (χ1v) is 9.39. The van der Waals surface area contributed by atoms with Gasteiger partial charge in [0.05, 0.1) is 0 Å². The van der Waals surface area contributed by atoms with Crippen LogP contribution in [0.5, 0.6) is 17.2 Å². The van der Waals surface area contributed by atoms with Crippen LogP contribution < -0.4 is 19.5 Å². The number of hydrogen-bond acceptors (Lipinski definition) is 4.